The average Bonchev–Trinajstić information content (AvgIpc) is 3.18. The Kier molecular flexibility index (Phi) is 7.20. The number of amides is 1. The largest absolute Gasteiger partial charge is 0.448 e. The van der Waals surface area contributed by atoms with Crippen LogP contribution in [0.1, 0.15) is 28.2 Å². The van der Waals surface area contributed by atoms with Gasteiger partial charge in [-0.2, -0.15) is 0 Å². The first-order valence-corrected chi connectivity index (χ1v) is 15.3. The highest BCUT2D eigenvalue weighted by atomic mass is 127. The number of hydrogen-bond acceptors (Lipinski definition) is 5. The van der Waals surface area contributed by atoms with Crippen molar-refractivity contribution < 1.29 is 17.9 Å². The Bertz CT molecular complexity index is 1380. The van der Waals surface area contributed by atoms with Gasteiger partial charge in [0.25, 0.3) is 0 Å². The zero-order valence-corrected chi connectivity index (χ0v) is 23.5. The minimum absolute atomic E-state index is 0.0360. The van der Waals surface area contributed by atoms with Crippen molar-refractivity contribution in [2.45, 2.75) is 18.6 Å². The summed E-state index contributed by atoms with van der Waals surface area (Å²) in [5.41, 5.74) is 7.35. The van der Waals surface area contributed by atoms with Crippen LogP contribution in [0.15, 0.2) is 60.7 Å². The maximum absolute atomic E-state index is 12.9. The summed E-state index contributed by atoms with van der Waals surface area (Å²) < 4.78 is 30.1. The molecule has 1 heterocycles. The van der Waals surface area contributed by atoms with Crippen molar-refractivity contribution in [2.75, 3.05) is 37.7 Å². The standard InChI is InChI=1S/C27H26ClIN2O4S/c1-18-19(17-36(28,33)34)14-20(15-26(18)29)30-10-12-31(13-11-30)27(32)35-16-25-23-8-4-2-6-21(23)22-7-3-5-9-24(22)25/h2-9,14-15,25H,10-13,16-17H2,1H3. The first-order valence-electron chi connectivity index (χ1n) is 11.8. The number of ether oxygens (including phenoxy) is 1. The van der Waals surface area contributed by atoms with Crippen LogP contribution in [0.2, 0.25) is 0 Å². The number of carbonyl (C=O) groups is 1. The SMILES string of the molecule is Cc1c(I)cc(N2CCN(C(=O)OCC3c4ccccc4-c4ccccc43)CC2)cc1CS(=O)(=O)Cl. The first kappa shape index (κ1) is 25.4. The van der Waals surface area contributed by atoms with Crippen LogP contribution in [0.4, 0.5) is 10.5 Å². The molecule has 0 N–H and O–H groups in total. The van der Waals surface area contributed by atoms with Crippen LogP contribution in [-0.4, -0.2) is 52.2 Å². The van der Waals surface area contributed by atoms with E-state index in [-0.39, 0.29) is 17.8 Å². The summed E-state index contributed by atoms with van der Waals surface area (Å²) in [6.45, 7) is 4.54. The van der Waals surface area contributed by atoms with Crippen molar-refractivity contribution in [1.82, 2.24) is 4.90 Å². The second-order valence-electron chi connectivity index (χ2n) is 9.17. The van der Waals surface area contributed by atoms with Gasteiger partial charge in [0.1, 0.15) is 6.61 Å². The second kappa shape index (κ2) is 10.2. The number of benzene rings is 3. The summed E-state index contributed by atoms with van der Waals surface area (Å²) in [4.78, 5) is 16.8. The van der Waals surface area contributed by atoms with Gasteiger partial charge in [0.15, 0.2) is 0 Å². The smallest absolute Gasteiger partial charge is 0.409 e. The van der Waals surface area contributed by atoms with Gasteiger partial charge in [-0.3, -0.25) is 0 Å². The maximum Gasteiger partial charge on any atom is 0.409 e. The number of rotatable bonds is 5. The maximum atomic E-state index is 12.9. The molecule has 0 saturated carbocycles. The van der Waals surface area contributed by atoms with Gasteiger partial charge in [-0.05, 0) is 75.0 Å². The Morgan fingerprint density at radius 3 is 2.17 bits per heavy atom. The van der Waals surface area contributed by atoms with Crippen molar-refractivity contribution in [3.63, 3.8) is 0 Å². The van der Waals surface area contributed by atoms with E-state index in [1.807, 2.05) is 43.3 Å². The third-order valence-electron chi connectivity index (χ3n) is 7.00. The van der Waals surface area contributed by atoms with E-state index >= 15 is 0 Å². The number of carbonyl (C=O) groups excluding carboxylic acids is 1. The first-order chi connectivity index (χ1) is 17.2. The van der Waals surface area contributed by atoms with Crippen molar-refractivity contribution in [1.29, 1.82) is 0 Å². The zero-order chi connectivity index (χ0) is 25.4. The molecule has 5 rings (SSSR count). The molecule has 1 aliphatic carbocycles. The normalized spacial score (nSPS) is 15.5. The quantitative estimate of drug-likeness (QED) is 0.264. The third-order valence-corrected chi connectivity index (χ3v) is 9.11. The van der Waals surface area contributed by atoms with Gasteiger partial charge in [0.2, 0.25) is 9.05 Å². The van der Waals surface area contributed by atoms with E-state index < -0.39 is 9.05 Å². The lowest BCUT2D eigenvalue weighted by atomic mass is 9.98. The fraction of sp³-hybridized carbons (Fsp3) is 0.296. The average molecular weight is 637 g/mol. The number of fused-ring (bicyclic) bond motifs is 3. The van der Waals surface area contributed by atoms with Crippen LogP contribution in [0.5, 0.6) is 0 Å². The van der Waals surface area contributed by atoms with Crippen LogP contribution in [0, 0.1) is 10.5 Å². The summed E-state index contributed by atoms with van der Waals surface area (Å²) in [5.74, 6) is -0.168. The van der Waals surface area contributed by atoms with E-state index in [1.165, 1.54) is 22.3 Å². The lowest BCUT2D eigenvalue weighted by Gasteiger charge is -2.36. The number of anilines is 1. The summed E-state index contributed by atoms with van der Waals surface area (Å²) >= 11 is 2.22. The lowest BCUT2D eigenvalue weighted by Crippen LogP contribution is -2.49. The Hall–Kier alpha value is -2.30. The Labute approximate surface area is 229 Å². The van der Waals surface area contributed by atoms with Gasteiger partial charge in [-0.25, -0.2) is 13.2 Å². The lowest BCUT2D eigenvalue weighted by molar-refractivity contribution is 0.0977. The Balaban J connectivity index is 1.22. The minimum atomic E-state index is -3.65. The predicted octanol–water partition coefficient (Wildman–Crippen LogP) is 5.74. The predicted molar refractivity (Wildman–Crippen MR) is 151 cm³/mol. The van der Waals surface area contributed by atoms with Gasteiger partial charge in [0, 0.05) is 52.0 Å². The molecule has 0 bridgehead atoms. The molecule has 3 aromatic rings. The van der Waals surface area contributed by atoms with Gasteiger partial charge in [-0.1, -0.05) is 48.5 Å². The van der Waals surface area contributed by atoms with Crippen molar-refractivity contribution in [2.24, 2.45) is 0 Å². The molecule has 1 amide bonds. The Morgan fingerprint density at radius 1 is 1.00 bits per heavy atom. The highest BCUT2D eigenvalue weighted by molar-refractivity contribution is 14.1. The number of hydrogen-bond donors (Lipinski definition) is 0. The van der Waals surface area contributed by atoms with Crippen LogP contribution in [0.25, 0.3) is 11.1 Å². The molecule has 0 aromatic heterocycles. The minimum Gasteiger partial charge on any atom is -0.448 e. The van der Waals surface area contributed by atoms with E-state index in [9.17, 15) is 13.2 Å². The van der Waals surface area contributed by atoms with Crippen LogP contribution >= 0.6 is 33.3 Å². The fourth-order valence-electron chi connectivity index (χ4n) is 5.07. The molecule has 1 fully saturated rings. The third kappa shape index (κ3) is 5.21. The molecular formula is C27H26ClIN2O4S. The number of piperazine rings is 1. The van der Waals surface area contributed by atoms with Gasteiger partial charge >= 0.3 is 6.09 Å². The highest BCUT2D eigenvalue weighted by Gasteiger charge is 2.30. The Morgan fingerprint density at radius 2 is 1.58 bits per heavy atom. The summed E-state index contributed by atoms with van der Waals surface area (Å²) in [6.07, 6.45) is -0.302. The van der Waals surface area contributed by atoms with Crippen LogP contribution < -0.4 is 4.90 Å². The van der Waals surface area contributed by atoms with E-state index in [4.69, 9.17) is 15.4 Å². The fourth-order valence-corrected chi connectivity index (χ4v) is 6.76. The van der Waals surface area contributed by atoms with E-state index in [2.05, 4.69) is 51.8 Å². The molecule has 1 aliphatic heterocycles. The molecule has 188 valence electrons. The number of nitrogens with zero attached hydrogens (tertiary/aromatic N) is 2. The van der Waals surface area contributed by atoms with E-state index in [0.29, 0.717) is 38.3 Å². The molecule has 36 heavy (non-hydrogen) atoms. The van der Waals surface area contributed by atoms with Crippen molar-refractivity contribution in [3.05, 3.63) is 86.5 Å². The number of halogens is 2. The molecular weight excluding hydrogens is 611 g/mol. The van der Waals surface area contributed by atoms with Gasteiger partial charge in [0.05, 0.1) is 5.75 Å². The molecule has 0 spiro atoms. The van der Waals surface area contributed by atoms with Gasteiger partial charge < -0.3 is 14.5 Å². The molecule has 2 aliphatic rings. The monoisotopic (exact) mass is 636 g/mol. The molecule has 9 heteroatoms. The topological polar surface area (TPSA) is 66.9 Å². The van der Waals surface area contributed by atoms with Crippen molar-refractivity contribution in [3.8, 4) is 11.1 Å². The highest BCUT2D eigenvalue weighted by Crippen LogP contribution is 2.44. The van der Waals surface area contributed by atoms with Crippen LogP contribution in [0.3, 0.4) is 0 Å². The van der Waals surface area contributed by atoms with E-state index in [0.717, 1.165) is 14.8 Å². The van der Waals surface area contributed by atoms with Crippen molar-refractivity contribution >= 4 is 54.1 Å². The molecule has 0 atom stereocenters. The van der Waals surface area contributed by atoms with E-state index in [1.54, 1.807) is 4.90 Å². The second-order valence-corrected chi connectivity index (χ2v) is 13.1. The summed E-state index contributed by atoms with van der Waals surface area (Å²) in [7, 11) is 1.86. The van der Waals surface area contributed by atoms with Crippen LogP contribution in [-0.2, 0) is 19.5 Å². The molecule has 3 aromatic carbocycles. The molecule has 0 radical (unpaired) electrons. The summed E-state index contributed by atoms with van der Waals surface area (Å²) in [6, 6.07) is 20.5. The summed E-state index contributed by atoms with van der Waals surface area (Å²) in [5, 5.41) is 0. The molecule has 1 saturated heterocycles. The molecule has 6 nitrogen and oxygen atoms in total. The van der Waals surface area contributed by atoms with Gasteiger partial charge in [-0.15, -0.1) is 0 Å². The zero-order valence-electron chi connectivity index (χ0n) is 19.8. The molecule has 0 unspecified atom stereocenters.